The highest BCUT2D eigenvalue weighted by Gasteiger charge is 2.26. The summed E-state index contributed by atoms with van der Waals surface area (Å²) >= 11 is 10.4. The van der Waals surface area contributed by atoms with E-state index in [1.807, 2.05) is 37.3 Å². The Kier molecular flexibility index (Phi) is 8.38. The highest BCUT2D eigenvalue weighted by Crippen LogP contribution is 2.34. The second kappa shape index (κ2) is 11.5. The van der Waals surface area contributed by atoms with Crippen LogP contribution in [-0.4, -0.2) is 35.4 Å². The van der Waals surface area contributed by atoms with E-state index in [0.717, 1.165) is 27.2 Å². The lowest BCUT2D eigenvalue weighted by Gasteiger charge is -2.28. The molecule has 1 heterocycles. The van der Waals surface area contributed by atoms with Gasteiger partial charge in [0.05, 0.1) is 34.2 Å². The molecule has 0 saturated carbocycles. The molecule has 7 nitrogen and oxygen atoms in total. The van der Waals surface area contributed by atoms with E-state index in [-0.39, 0.29) is 29.5 Å². The van der Waals surface area contributed by atoms with Gasteiger partial charge in [-0.1, -0.05) is 65.7 Å². The molecular weight excluding hydrogens is 539 g/mol. The molecule has 0 fully saturated rings. The van der Waals surface area contributed by atoms with E-state index < -0.39 is 11.3 Å². The van der Waals surface area contributed by atoms with Gasteiger partial charge in [0.15, 0.2) is 5.82 Å². The molecule has 0 radical (unpaired) electrons. The normalized spacial score (nSPS) is 11.8. The topological polar surface area (TPSA) is 89.5 Å². The summed E-state index contributed by atoms with van der Waals surface area (Å²) in [6.45, 7) is 2.03. The molecule has 0 bridgehead atoms. The zero-order valence-electron chi connectivity index (χ0n) is 19.4. The van der Waals surface area contributed by atoms with E-state index in [1.165, 1.54) is 4.90 Å². The van der Waals surface area contributed by atoms with Crippen molar-refractivity contribution in [3.8, 4) is 0 Å². The van der Waals surface area contributed by atoms with Gasteiger partial charge in [0.1, 0.15) is 5.69 Å². The molecule has 3 aromatic carbocycles. The second-order valence-corrected chi connectivity index (χ2v) is 10.3. The molecule has 4 aromatic rings. The van der Waals surface area contributed by atoms with Crippen molar-refractivity contribution < 1.29 is 13.6 Å². The summed E-state index contributed by atoms with van der Waals surface area (Å²) in [6.07, 6.45) is 0.393. The van der Waals surface area contributed by atoms with Gasteiger partial charge in [-0.05, 0) is 47.9 Å². The molecule has 36 heavy (non-hydrogen) atoms. The zero-order chi connectivity index (χ0) is 25.8. The van der Waals surface area contributed by atoms with Gasteiger partial charge in [0.25, 0.3) is 5.91 Å². The summed E-state index contributed by atoms with van der Waals surface area (Å²) < 4.78 is 34.7. The average Bonchev–Trinajstić information content (AvgIpc) is 3.28. The van der Waals surface area contributed by atoms with Crippen LogP contribution in [0.3, 0.4) is 0 Å². The minimum absolute atomic E-state index is 0.167. The Morgan fingerprint density at radius 3 is 2.50 bits per heavy atom. The van der Waals surface area contributed by atoms with Crippen molar-refractivity contribution in [2.75, 3.05) is 11.4 Å². The van der Waals surface area contributed by atoms with Gasteiger partial charge in [-0.3, -0.25) is 13.3 Å². The van der Waals surface area contributed by atoms with Crippen LogP contribution in [0.5, 0.6) is 0 Å². The van der Waals surface area contributed by atoms with Crippen LogP contribution in [-0.2, 0) is 24.2 Å². The number of carbonyl (C=O) groups excluding carboxylic acids is 1. The molecule has 186 valence electrons. The van der Waals surface area contributed by atoms with Crippen molar-refractivity contribution in [1.82, 2.24) is 13.6 Å². The predicted molar refractivity (Wildman–Crippen MR) is 144 cm³/mol. The number of amides is 1. The first-order valence-electron chi connectivity index (χ1n) is 10.8. The van der Waals surface area contributed by atoms with Crippen LogP contribution in [0.4, 0.5) is 11.5 Å². The van der Waals surface area contributed by atoms with E-state index in [9.17, 15) is 13.6 Å². The maximum atomic E-state index is 13.5. The lowest BCUT2D eigenvalue weighted by molar-refractivity contribution is 0.0786. The first-order valence-corrected chi connectivity index (χ1v) is 13.3. The fourth-order valence-corrected chi connectivity index (χ4v) is 5.36. The van der Waals surface area contributed by atoms with E-state index in [2.05, 4.69) is 8.75 Å². The Hall–Kier alpha value is -2.82. The zero-order valence-corrected chi connectivity index (χ0v) is 22.5. The molecule has 0 N–H and O–H groups in total. The molecule has 1 atom stereocenters. The largest absolute Gasteiger partial charge is 0.755 e. The first-order chi connectivity index (χ1) is 17.2. The highest BCUT2D eigenvalue weighted by atomic mass is 35.5. The molecule has 0 aliphatic heterocycles. The lowest BCUT2D eigenvalue weighted by Crippen LogP contribution is -2.30. The summed E-state index contributed by atoms with van der Waals surface area (Å²) in [7, 11) is 1.63. The number of rotatable bonds is 8. The van der Waals surface area contributed by atoms with Crippen molar-refractivity contribution in [2.45, 2.75) is 19.9 Å². The number of hydrogen-bond donors (Lipinski definition) is 0. The highest BCUT2D eigenvalue weighted by molar-refractivity contribution is 7.81. The molecule has 4 rings (SSSR count). The van der Waals surface area contributed by atoms with Crippen molar-refractivity contribution in [3.05, 3.63) is 105 Å². The Morgan fingerprint density at radius 2 is 1.81 bits per heavy atom. The van der Waals surface area contributed by atoms with Crippen LogP contribution in [0.25, 0.3) is 0 Å². The molecule has 11 heteroatoms. The summed E-state index contributed by atoms with van der Waals surface area (Å²) in [6, 6.07) is 19.7. The number of nitrogens with zero attached hydrogens (tertiary/aromatic N) is 4. The maximum absolute atomic E-state index is 13.5. The smallest absolute Gasteiger partial charge is 0.256 e. The Balaban J connectivity index is 1.71. The quantitative estimate of drug-likeness (QED) is 0.249. The van der Waals surface area contributed by atoms with Gasteiger partial charge in [-0.2, -0.15) is 8.75 Å². The number of aryl methyl sites for hydroxylation is 1. The SMILES string of the molecule is Cc1ccc(C(=O)N(C)Cc2ccc(Cl)cc2Cl)c(N(c2nsnc2Cc2ccccc2)S(=O)[O-])c1. The van der Waals surface area contributed by atoms with E-state index in [1.54, 1.807) is 43.4 Å². The average molecular weight is 561 g/mol. The number of aromatic nitrogens is 2. The molecule has 1 aromatic heterocycles. The van der Waals surface area contributed by atoms with Gasteiger partial charge in [0, 0.05) is 30.1 Å². The second-order valence-electron chi connectivity index (χ2n) is 8.13. The first kappa shape index (κ1) is 26.2. The summed E-state index contributed by atoms with van der Waals surface area (Å²) in [5.74, 6) is -0.209. The van der Waals surface area contributed by atoms with Crippen LogP contribution in [0.2, 0.25) is 10.0 Å². The van der Waals surface area contributed by atoms with Crippen molar-refractivity contribution in [3.63, 3.8) is 0 Å². The number of hydrogen-bond acceptors (Lipinski definition) is 6. The van der Waals surface area contributed by atoms with Gasteiger partial charge < -0.3 is 9.45 Å². The maximum Gasteiger partial charge on any atom is 0.256 e. The Morgan fingerprint density at radius 1 is 1.06 bits per heavy atom. The van der Waals surface area contributed by atoms with E-state index >= 15 is 0 Å². The number of benzene rings is 3. The molecule has 0 saturated heterocycles. The number of halogens is 2. The van der Waals surface area contributed by atoms with Crippen LogP contribution in [0.1, 0.15) is 32.7 Å². The van der Waals surface area contributed by atoms with Gasteiger partial charge in [-0.15, -0.1) is 0 Å². The fourth-order valence-electron chi connectivity index (χ4n) is 3.70. The fraction of sp³-hybridized carbons (Fsp3) is 0.160. The third-order valence-electron chi connectivity index (χ3n) is 5.46. The minimum Gasteiger partial charge on any atom is -0.755 e. The third-order valence-corrected chi connectivity index (χ3v) is 7.28. The van der Waals surface area contributed by atoms with Gasteiger partial charge in [-0.25, -0.2) is 0 Å². The van der Waals surface area contributed by atoms with Crippen LogP contribution >= 0.6 is 34.9 Å². The predicted octanol–water partition coefficient (Wildman–Crippen LogP) is 5.95. The monoisotopic (exact) mass is 559 g/mol. The molecular formula is C25H21Cl2N4O3S2-. The van der Waals surface area contributed by atoms with Crippen LogP contribution in [0.15, 0.2) is 66.7 Å². The van der Waals surface area contributed by atoms with Crippen LogP contribution in [0, 0.1) is 6.92 Å². The number of anilines is 2. The lowest BCUT2D eigenvalue weighted by atomic mass is 10.1. The van der Waals surface area contributed by atoms with E-state index in [4.69, 9.17) is 23.2 Å². The Bertz CT molecular complexity index is 1420. The van der Waals surface area contributed by atoms with Gasteiger partial charge in [0.2, 0.25) is 0 Å². The van der Waals surface area contributed by atoms with Gasteiger partial charge >= 0.3 is 0 Å². The van der Waals surface area contributed by atoms with Crippen molar-refractivity contribution in [2.24, 2.45) is 0 Å². The summed E-state index contributed by atoms with van der Waals surface area (Å²) in [5, 5.41) is 0.933. The summed E-state index contributed by atoms with van der Waals surface area (Å²) in [5.41, 5.74) is 3.36. The van der Waals surface area contributed by atoms with E-state index in [0.29, 0.717) is 27.7 Å². The standard InChI is InChI=1S/C25H22Cl2N4O3S2/c1-16-8-11-20(25(32)30(2)15-18-9-10-19(26)14-21(18)27)23(12-16)31(36(33)34)24-22(28-35-29-24)13-17-6-4-3-5-7-17/h3-12,14H,13,15H2,1-2H3,(H,33,34)/p-1. The van der Waals surface area contributed by atoms with Crippen molar-refractivity contribution >= 4 is 63.6 Å². The Labute approximate surface area is 226 Å². The third kappa shape index (κ3) is 5.93. The molecule has 1 amide bonds. The molecule has 0 spiro atoms. The molecule has 0 aliphatic rings. The molecule has 1 unspecified atom stereocenters. The van der Waals surface area contributed by atoms with Crippen molar-refractivity contribution in [1.29, 1.82) is 0 Å². The minimum atomic E-state index is -2.76. The van der Waals surface area contributed by atoms with Crippen LogP contribution < -0.4 is 4.31 Å². The molecule has 0 aliphatic carbocycles. The summed E-state index contributed by atoms with van der Waals surface area (Å²) in [4.78, 5) is 15.0. The number of carbonyl (C=O) groups is 1.